The van der Waals surface area contributed by atoms with Crippen LogP contribution in [0.5, 0.6) is 0 Å². The van der Waals surface area contributed by atoms with Gasteiger partial charge in [-0.25, -0.2) is 9.18 Å². The minimum atomic E-state index is -0.508. The molecule has 0 fully saturated rings. The van der Waals surface area contributed by atoms with Crippen LogP contribution >= 0.6 is 0 Å². The molecule has 0 aliphatic rings. The van der Waals surface area contributed by atoms with Crippen LogP contribution in [-0.4, -0.2) is 4.57 Å². The Balaban J connectivity index is 1.93. The highest BCUT2D eigenvalue weighted by Gasteiger charge is 2.20. The minimum absolute atomic E-state index is 0.103. The van der Waals surface area contributed by atoms with E-state index in [1.807, 2.05) is 60.7 Å². The zero-order valence-corrected chi connectivity index (χ0v) is 13.9. The minimum Gasteiger partial charge on any atom is -0.407 e. The SMILES string of the molecule is O=c1oc(-c2ccccc2)c(-c2ccccc2)n1Cc1ccccc1F. The van der Waals surface area contributed by atoms with E-state index in [1.165, 1.54) is 10.6 Å². The number of hydrogen-bond acceptors (Lipinski definition) is 2. The van der Waals surface area contributed by atoms with Crippen molar-refractivity contribution < 1.29 is 8.81 Å². The van der Waals surface area contributed by atoms with E-state index in [1.54, 1.807) is 18.2 Å². The van der Waals surface area contributed by atoms with Gasteiger partial charge in [-0.15, -0.1) is 0 Å². The van der Waals surface area contributed by atoms with Gasteiger partial charge in [0, 0.05) is 16.7 Å². The molecule has 3 nitrogen and oxygen atoms in total. The van der Waals surface area contributed by atoms with Crippen molar-refractivity contribution in [3.8, 4) is 22.6 Å². The summed E-state index contributed by atoms with van der Waals surface area (Å²) in [6, 6.07) is 25.4. The van der Waals surface area contributed by atoms with Crippen LogP contribution in [0.15, 0.2) is 94.1 Å². The quantitative estimate of drug-likeness (QED) is 0.524. The largest absolute Gasteiger partial charge is 0.420 e. The van der Waals surface area contributed by atoms with Gasteiger partial charge >= 0.3 is 5.76 Å². The van der Waals surface area contributed by atoms with Crippen molar-refractivity contribution >= 4 is 0 Å². The van der Waals surface area contributed by atoms with Crippen LogP contribution in [0.4, 0.5) is 4.39 Å². The molecule has 0 bridgehead atoms. The van der Waals surface area contributed by atoms with Crippen molar-refractivity contribution in [1.29, 1.82) is 0 Å². The van der Waals surface area contributed by atoms with Crippen LogP contribution in [0.3, 0.4) is 0 Å². The van der Waals surface area contributed by atoms with Gasteiger partial charge in [0.05, 0.1) is 12.2 Å². The Bertz CT molecular complexity index is 1080. The lowest BCUT2D eigenvalue weighted by molar-refractivity contribution is 0.493. The number of aromatic nitrogens is 1. The summed E-state index contributed by atoms with van der Waals surface area (Å²) in [5.74, 6) is -0.370. The fourth-order valence-corrected chi connectivity index (χ4v) is 3.01. The lowest BCUT2D eigenvalue weighted by Crippen LogP contribution is -2.17. The molecular weight excluding hydrogens is 329 g/mol. The summed E-state index contributed by atoms with van der Waals surface area (Å²) in [5, 5.41) is 0. The molecule has 1 aromatic heterocycles. The Labute approximate surface area is 150 Å². The zero-order chi connectivity index (χ0) is 17.9. The van der Waals surface area contributed by atoms with E-state index in [-0.39, 0.29) is 12.4 Å². The standard InChI is InChI=1S/C22H16FNO2/c23-19-14-8-7-13-18(19)15-24-20(16-9-3-1-4-10-16)21(26-22(24)25)17-11-5-2-6-12-17/h1-14H,15H2. The van der Waals surface area contributed by atoms with E-state index >= 15 is 0 Å². The first kappa shape index (κ1) is 16.1. The normalized spacial score (nSPS) is 10.8. The van der Waals surface area contributed by atoms with Crippen molar-refractivity contribution in [2.45, 2.75) is 6.54 Å². The van der Waals surface area contributed by atoms with Gasteiger partial charge in [-0.2, -0.15) is 0 Å². The third-order valence-electron chi connectivity index (χ3n) is 4.26. The monoisotopic (exact) mass is 345 g/mol. The Kier molecular flexibility index (Phi) is 4.23. The van der Waals surface area contributed by atoms with Crippen LogP contribution < -0.4 is 5.76 Å². The fraction of sp³-hybridized carbons (Fsp3) is 0.0455. The highest BCUT2D eigenvalue weighted by atomic mass is 19.1. The lowest BCUT2D eigenvalue weighted by Gasteiger charge is -2.09. The van der Waals surface area contributed by atoms with Crippen molar-refractivity contribution in [2.24, 2.45) is 0 Å². The summed E-state index contributed by atoms with van der Waals surface area (Å²) in [5.41, 5.74) is 2.72. The van der Waals surface area contributed by atoms with Gasteiger partial charge in [0.1, 0.15) is 5.82 Å². The maximum atomic E-state index is 14.1. The molecular formula is C22H16FNO2. The molecule has 0 aliphatic carbocycles. The fourth-order valence-electron chi connectivity index (χ4n) is 3.01. The van der Waals surface area contributed by atoms with Gasteiger partial charge in [-0.05, 0) is 6.07 Å². The highest BCUT2D eigenvalue weighted by molar-refractivity contribution is 5.77. The van der Waals surface area contributed by atoms with Gasteiger partial charge in [0.2, 0.25) is 0 Å². The third-order valence-corrected chi connectivity index (χ3v) is 4.26. The molecule has 3 aromatic carbocycles. The van der Waals surface area contributed by atoms with Crippen molar-refractivity contribution in [1.82, 2.24) is 4.57 Å². The molecule has 0 aliphatic heterocycles. The first-order valence-corrected chi connectivity index (χ1v) is 8.32. The number of nitrogens with zero attached hydrogens (tertiary/aromatic N) is 1. The second-order valence-corrected chi connectivity index (χ2v) is 5.96. The molecule has 0 saturated heterocycles. The van der Waals surface area contributed by atoms with E-state index in [0.29, 0.717) is 17.0 Å². The smallest absolute Gasteiger partial charge is 0.407 e. The molecule has 4 rings (SSSR count). The summed E-state index contributed by atoms with van der Waals surface area (Å²) in [4.78, 5) is 12.6. The van der Waals surface area contributed by atoms with Crippen molar-refractivity contribution in [2.75, 3.05) is 0 Å². The first-order valence-electron chi connectivity index (χ1n) is 8.32. The van der Waals surface area contributed by atoms with E-state index in [2.05, 4.69) is 0 Å². The van der Waals surface area contributed by atoms with Crippen LogP contribution in [0.1, 0.15) is 5.56 Å². The molecule has 0 atom stereocenters. The van der Waals surface area contributed by atoms with E-state index in [9.17, 15) is 9.18 Å². The average Bonchev–Trinajstić information content (AvgIpc) is 3.01. The van der Waals surface area contributed by atoms with Crippen LogP contribution in [0, 0.1) is 5.82 Å². The Hall–Kier alpha value is -3.40. The topological polar surface area (TPSA) is 35.1 Å². The number of oxazole rings is 1. The van der Waals surface area contributed by atoms with E-state index in [0.717, 1.165) is 11.1 Å². The van der Waals surface area contributed by atoms with Crippen molar-refractivity contribution in [3.05, 3.63) is 107 Å². The lowest BCUT2D eigenvalue weighted by atomic mass is 10.1. The van der Waals surface area contributed by atoms with E-state index < -0.39 is 5.76 Å². The second-order valence-electron chi connectivity index (χ2n) is 5.96. The predicted molar refractivity (Wildman–Crippen MR) is 99.3 cm³/mol. The molecule has 4 heteroatoms. The molecule has 0 unspecified atom stereocenters. The molecule has 0 radical (unpaired) electrons. The van der Waals surface area contributed by atoms with Crippen LogP contribution in [0.2, 0.25) is 0 Å². The summed E-state index contributed by atoms with van der Waals surface area (Å²) >= 11 is 0. The molecule has 0 saturated carbocycles. The van der Waals surface area contributed by atoms with E-state index in [4.69, 9.17) is 4.42 Å². The Morgan fingerprint density at radius 1 is 0.769 bits per heavy atom. The predicted octanol–water partition coefficient (Wildman–Crippen LogP) is 4.96. The van der Waals surface area contributed by atoms with Gasteiger partial charge in [-0.3, -0.25) is 4.57 Å². The summed E-state index contributed by atoms with van der Waals surface area (Å²) < 4.78 is 21.2. The molecule has 0 N–H and O–H groups in total. The maximum absolute atomic E-state index is 14.1. The highest BCUT2D eigenvalue weighted by Crippen LogP contribution is 2.32. The third kappa shape index (κ3) is 2.97. The zero-order valence-electron chi connectivity index (χ0n) is 13.9. The second kappa shape index (κ2) is 6.84. The van der Waals surface area contributed by atoms with Gasteiger partial charge in [0.15, 0.2) is 5.76 Å². The Morgan fingerprint density at radius 3 is 2.00 bits per heavy atom. The molecule has 26 heavy (non-hydrogen) atoms. The van der Waals surface area contributed by atoms with Crippen molar-refractivity contribution in [3.63, 3.8) is 0 Å². The number of rotatable bonds is 4. The number of benzene rings is 3. The van der Waals surface area contributed by atoms with Gasteiger partial charge in [-0.1, -0.05) is 78.9 Å². The first-order chi connectivity index (χ1) is 12.7. The summed E-state index contributed by atoms with van der Waals surface area (Å²) in [6.07, 6.45) is 0. The molecule has 4 aromatic rings. The van der Waals surface area contributed by atoms with Gasteiger partial charge < -0.3 is 4.42 Å². The molecule has 1 heterocycles. The number of halogens is 1. The summed E-state index contributed by atoms with van der Waals surface area (Å²) in [6.45, 7) is 0.103. The summed E-state index contributed by atoms with van der Waals surface area (Å²) in [7, 11) is 0. The average molecular weight is 345 g/mol. The molecule has 128 valence electrons. The van der Waals surface area contributed by atoms with Gasteiger partial charge in [0.25, 0.3) is 0 Å². The maximum Gasteiger partial charge on any atom is 0.420 e. The van der Waals surface area contributed by atoms with Crippen LogP contribution in [0.25, 0.3) is 22.6 Å². The Morgan fingerprint density at radius 2 is 1.35 bits per heavy atom. The van der Waals surface area contributed by atoms with Crippen LogP contribution in [-0.2, 0) is 6.54 Å². The molecule has 0 spiro atoms. The molecule has 0 amide bonds. The number of hydrogen-bond donors (Lipinski definition) is 0.